The largest absolute Gasteiger partial charge is 0.368 e. The Hall–Kier alpha value is -2.58. The highest BCUT2D eigenvalue weighted by Crippen LogP contribution is 2.22. The highest BCUT2D eigenvalue weighted by Gasteiger charge is 2.17. The monoisotopic (exact) mass is 381 g/mol. The average Bonchev–Trinajstić information content (AvgIpc) is 2.96. The van der Waals surface area contributed by atoms with Crippen molar-refractivity contribution in [2.45, 2.75) is 13.1 Å². The van der Waals surface area contributed by atoms with E-state index in [9.17, 15) is 14.4 Å². The maximum Gasteiger partial charge on any atom is 0.332 e. The molecule has 0 aliphatic heterocycles. The molecule has 0 fully saturated rings. The molecule has 3 aromatic rings. The number of amides is 1. The molecule has 0 radical (unpaired) electrons. The van der Waals surface area contributed by atoms with Crippen molar-refractivity contribution in [1.29, 1.82) is 0 Å². The van der Waals surface area contributed by atoms with Crippen LogP contribution < -0.4 is 17.0 Å². The zero-order valence-corrected chi connectivity index (χ0v) is 14.6. The summed E-state index contributed by atoms with van der Waals surface area (Å²) >= 11 is 11.9. The van der Waals surface area contributed by atoms with E-state index in [0.29, 0.717) is 15.6 Å². The molecule has 10 heteroatoms. The van der Waals surface area contributed by atoms with Crippen molar-refractivity contribution in [2.75, 3.05) is 0 Å². The van der Waals surface area contributed by atoms with Gasteiger partial charge in [-0.2, -0.15) is 0 Å². The summed E-state index contributed by atoms with van der Waals surface area (Å²) in [5, 5.41) is 0.699. The smallest absolute Gasteiger partial charge is 0.332 e. The number of hydrogen-bond acceptors (Lipinski definition) is 4. The fourth-order valence-electron chi connectivity index (χ4n) is 2.57. The fourth-order valence-corrected chi connectivity index (χ4v) is 2.89. The van der Waals surface area contributed by atoms with Crippen LogP contribution in [0.1, 0.15) is 5.56 Å². The van der Waals surface area contributed by atoms with E-state index in [1.807, 2.05) is 0 Å². The van der Waals surface area contributed by atoms with Gasteiger partial charge in [-0.25, -0.2) is 9.78 Å². The number of nitrogens with zero attached hydrogens (tertiary/aromatic N) is 4. The number of primary amides is 1. The molecular formula is C15H13Cl2N5O3. The van der Waals surface area contributed by atoms with Crippen LogP contribution in [0.4, 0.5) is 0 Å². The Morgan fingerprint density at radius 2 is 1.96 bits per heavy atom. The van der Waals surface area contributed by atoms with Gasteiger partial charge in [-0.1, -0.05) is 29.3 Å². The first-order valence-electron chi connectivity index (χ1n) is 7.16. The van der Waals surface area contributed by atoms with E-state index >= 15 is 0 Å². The molecule has 25 heavy (non-hydrogen) atoms. The van der Waals surface area contributed by atoms with Crippen molar-refractivity contribution in [2.24, 2.45) is 12.8 Å². The van der Waals surface area contributed by atoms with Gasteiger partial charge >= 0.3 is 5.69 Å². The van der Waals surface area contributed by atoms with Gasteiger partial charge in [-0.15, -0.1) is 0 Å². The number of fused-ring (bicyclic) bond motifs is 1. The lowest BCUT2D eigenvalue weighted by Crippen LogP contribution is -2.40. The maximum absolute atomic E-state index is 12.8. The second-order valence-electron chi connectivity index (χ2n) is 5.49. The van der Waals surface area contributed by atoms with Gasteiger partial charge in [0.25, 0.3) is 5.56 Å². The summed E-state index contributed by atoms with van der Waals surface area (Å²) < 4.78 is 3.61. The number of benzene rings is 1. The second-order valence-corrected chi connectivity index (χ2v) is 6.31. The zero-order chi connectivity index (χ0) is 18.3. The quantitative estimate of drug-likeness (QED) is 0.719. The van der Waals surface area contributed by atoms with Crippen LogP contribution in [0.25, 0.3) is 11.2 Å². The van der Waals surface area contributed by atoms with Gasteiger partial charge in [0, 0.05) is 7.05 Å². The van der Waals surface area contributed by atoms with E-state index in [0.717, 1.165) is 4.57 Å². The molecule has 0 saturated heterocycles. The Balaban J connectivity index is 2.20. The predicted molar refractivity (Wildman–Crippen MR) is 94.0 cm³/mol. The van der Waals surface area contributed by atoms with Crippen molar-refractivity contribution in [1.82, 2.24) is 18.7 Å². The molecule has 0 aliphatic carbocycles. The number of imidazole rings is 1. The molecule has 0 unspecified atom stereocenters. The molecule has 2 aromatic heterocycles. The van der Waals surface area contributed by atoms with Crippen LogP contribution in [0.2, 0.25) is 10.0 Å². The minimum atomic E-state index is -0.622. The van der Waals surface area contributed by atoms with Gasteiger partial charge < -0.3 is 10.3 Å². The summed E-state index contributed by atoms with van der Waals surface area (Å²) in [6.45, 7) is -0.212. The standard InChI is InChI=1S/C15H13Cl2N5O3/c1-20-13-12(21(7-19-13)6-11(18)23)14(24)22(15(20)25)5-8-2-3-9(16)10(17)4-8/h2-4,7H,5-6H2,1H3,(H2,18,23). The molecule has 0 saturated carbocycles. The SMILES string of the molecule is Cn1c(=O)n(Cc2ccc(Cl)c(Cl)c2)c(=O)c2c1ncn2CC(N)=O. The molecule has 3 rings (SSSR count). The third kappa shape index (κ3) is 3.06. The number of rotatable bonds is 4. The van der Waals surface area contributed by atoms with Crippen LogP contribution in [0.15, 0.2) is 34.1 Å². The third-order valence-electron chi connectivity index (χ3n) is 3.75. The van der Waals surface area contributed by atoms with Crippen molar-refractivity contribution in [3.63, 3.8) is 0 Å². The highest BCUT2D eigenvalue weighted by atomic mass is 35.5. The van der Waals surface area contributed by atoms with Gasteiger partial charge in [0.2, 0.25) is 5.91 Å². The molecule has 1 amide bonds. The van der Waals surface area contributed by atoms with Crippen LogP contribution in [0.3, 0.4) is 0 Å². The topological polar surface area (TPSA) is 105 Å². The first kappa shape index (κ1) is 17.2. The molecule has 1 aromatic carbocycles. The summed E-state index contributed by atoms with van der Waals surface area (Å²) in [7, 11) is 1.50. The Kier molecular flexibility index (Phi) is 4.40. The van der Waals surface area contributed by atoms with Gasteiger partial charge in [-0.3, -0.25) is 18.7 Å². The summed E-state index contributed by atoms with van der Waals surface area (Å²) in [4.78, 5) is 40.5. The number of carbonyl (C=O) groups excluding carboxylic acids is 1. The second kappa shape index (κ2) is 6.38. The first-order chi connectivity index (χ1) is 11.8. The van der Waals surface area contributed by atoms with E-state index in [1.54, 1.807) is 18.2 Å². The molecule has 2 heterocycles. The van der Waals surface area contributed by atoms with Crippen LogP contribution in [-0.4, -0.2) is 24.6 Å². The van der Waals surface area contributed by atoms with Crippen molar-refractivity contribution >= 4 is 40.3 Å². The summed E-state index contributed by atoms with van der Waals surface area (Å²) in [6, 6.07) is 4.84. The molecule has 0 atom stereocenters. The first-order valence-corrected chi connectivity index (χ1v) is 7.92. The van der Waals surface area contributed by atoms with Crippen molar-refractivity contribution < 1.29 is 4.79 Å². The summed E-state index contributed by atoms with van der Waals surface area (Å²) in [5.41, 5.74) is 5.03. The maximum atomic E-state index is 12.8. The van der Waals surface area contributed by atoms with E-state index in [4.69, 9.17) is 28.9 Å². The predicted octanol–water partition coefficient (Wildman–Crippen LogP) is 0.737. The van der Waals surface area contributed by atoms with Gasteiger partial charge in [0.1, 0.15) is 6.54 Å². The van der Waals surface area contributed by atoms with Gasteiger partial charge in [0.15, 0.2) is 11.2 Å². The number of nitrogens with two attached hydrogens (primary N) is 1. The molecule has 8 nitrogen and oxygen atoms in total. The number of hydrogen-bond donors (Lipinski definition) is 1. The number of aryl methyl sites for hydroxylation is 1. The number of halogens is 2. The molecule has 130 valence electrons. The average molecular weight is 382 g/mol. The molecule has 0 spiro atoms. The lowest BCUT2D eigenvalue weighted by Gasteiger charge is -2.10. The Morgan fingerprint density at radius 1 is 1.24 bits per heavy atom. The van der Waals surface area contributed by atoms with E-state index < -0.39 is 17.2 Å². The highest BCUT2D eigenvalue weighted by molar-refractivity contribution is 6.42. The summed E-state index contributed by atoms with van der Waals surface area (Å²) in [5.74, 6) is -0.622. The number of aromatic nitrogens is 4. The van der Waals surface area contributed by atoms with Crippen molar-refractivity contribution in [3.8, 4) is 0 Å². The molecule has 2 N–H and O–H groups in total. The Labute approximate surface area is 151 Å². The minimum Gasteiger partial charge on any atom is -0.368 e. The van der Waals surface area contributed by atoms with E-state index in [1.165, 1.54) is 22.5 Å². The normalized spacial score (nSPS) is 11.2. The fraction of sp³-hybridized carbons (Fsp3) is 0.200. The lowest BCUT2D eigenvalue weighted by atomic mass is 10.2. The number of carbonyl (C=O) groups is 1. The summed E-state index contributed by atoms with van der Waals surface area (Å²) in [6.07, 6.45) is 1.31. The molecular weight excluding hydrogens is 369 g/mol. The van der Waals surface area contributed by atoms with E-state index in [2.05, 4.69) is 4.98 Å². The molecule has 0 bridgehead atoms. The van der Waals surface area contributed by atoms with Crippen LogP contribution in [0.5, 0.6) is 0 Å². The minimum absolute atomic E-state index is 0.0000863. The third-order valence-corrected chi connectivity index (χ3v) is 4.49. The Bertz CT molecular complexity index is 1110. The van der Waals surface area contributed by atoms with Crippen LogP contribution >= 0.6 is 23.2 Å². The van der Waals surface area contributed by atoms with Crippen LogP contribution in [0, 0.1) is 0 Å². The van der Waals surface area contributed by atoms with E-state index in [-0.39, 0.29) is 24.3 Å². The molecule has 0 aliphatic rings. The van der Waals surface area contributed by atoms with Crippen molar-refractivity contribution in [3.05, 3.63) is 61.0 Å². The zero-order valence-electron chi connectivity index (χ0n) is 13.1. The van der Waals surface area contributed by atoms with Gasteiger partial charge in [0.05, 0.1) is 22.9 Å². The van der Waals surface area contributed by atoms with Crippen LogP contribution in [-0.2, 0) is 24.9 Å². The Morgan fingerprint density at radius 3 is 2.60 bits per heavy atom. The van der Waals surface area contributed by atoms with Gasteiger partial charge in [-0.05, 0) is 17.7 Å². The lowest BCUT2D eigenvalue weighted by molar-refractivity contribution is -0.118.